The minimum Gasteiger partial charge on any atom is -0.497 e. The molecule has 9 heteroatoms. The minimum absolute atomic E-state index is 0.00442. The molecule has 2 aromatic rings. The van der Waals surface area contributed by atoms with E-state index < -0.39 is 11.6 Å². The Morgan fingerprint density at radius 1 is 1.19 bits per heavy atom. The second kappa shape index (κ2) is 12.2. The lowest BCUT2D eigenvalue weighted by molar-refractivity contribution is -0.149. The minimum atomic E-state index is -0.492. The van der Waals surface area contributed by atoms with Crippen LogP contribution in [0.3, 0.4) is 0 Å². The number of carbonyl (C=O) groups excluding carboxylic acids is 2. The van der Waals surface area contributed by atoms with Crippen molar-refractivity contribution in [1.29, 1.82) is 0 Å². The van der Waals surface area contributed by atoms with Gasteiger partial charge in [0, 0.05) is 31.3 Å². The average molecular weight is 515 g/mol. The van der Waals surface area contributed by atoms with E-state index >= 15 is 0 Å². The van der Waals surface area contributed by atoms with E-state index in [1.165, 1.54) is 7.11 Å². The zero-order valence-corrected chi connectivity index (χ0v) is 21.1. The smallest absolute Gasteiger partial charge is 0.310 e. The molecule has 37 heavy (non-hydrogen) atoms. The van der Waals surface area contributed by atoms with Gasteiger partial charge >= 0.3 is 5.97 Å². The molecule has 0 spiro atoms. The third-order valence-corrected chi connectivity index (χ3v) is 7.03. The van der Waals surface area contributed by atoms with Gasteiger partial charge in [-0.15, -0.1) is 0 Å². The molecule has 1 fully saturated rings. The van der Waals surface area contributed by atoms with E-state index in [-0.39, 0.29) is 35.9 Å². The Balaban J connectivity index is 1.35. The molecule has 2 atom stereocenters. The van der Waals surface area contributed by atoms with Crippen LogP contribution in [0.4, 0.5) is 14.5 Å². The number of halogens is 2. The van der Waals surface area contributed by atoms with Gasteiger partial charge in [-0.05, 0) is 62.1 Å². The Hall–Kier alpha value is -3.46. The summed E-state index contributed by atoms with van der Waals surface area (Å²) < 4.78 is 43.2. The van der Waals surface area contributed by atoms with Crippen molar-refractivity contribution >= 4 is 23.6 Å². The highest BCUT2D eigenvalue weighted by atomic mass is 19.1. The highest BCUT2D eigenvalue weighted by Crippen LogP contribution is 2.36. The molecule has 4 rings (SSSR count). The molecule has 7 nitrogen and oxygen atoms in total. The molecule has 2 aliphatic rings. The van der Waals surface area contributed by atoms with Gasteiger partial charge in [0.25, 0.3) is 5.91 Å². The summed E-state index contributed by atoms with van der Waals surface area (Å²) in [7, 11) is 2.97. The molecule has 1 amide bonds. The highest BCUT2D eigenvalue weighted by Gasteiger charge is 2.35. The van der Waals surface area contributed by atoms with Crippen molar-refractivity contribution in [3.63, 3.8) is 0 Å². The Kier molecular flexibility index (Phi) is 8.76. The summed E-state index contributed by atoms with van der Waals surface area (Å²) in [6, 6.07) is 8.74. The highest BCUT2D eigenvalue weighted by molar-refractivity contribution is 5.98. The Morgan fingerprint density at radius 3 is 2.81 bits per heavy atom. The van der Waals surface area contributed by atoms with Crippen LogP contribution < -0.4 is 14.4 Å². The van der Waals surface area contributed by atoms with Crippen molar-refractivity contribution in [2.75, 3.05) is 51.9 Å². The third kappa shape index (κ3) is 6.46. The summed E-state index contributed by atoms with van der Waals surface area (Å²) in [5, 5.41) is 0. The number of amides is 1. The van der Waals surface area contributed by atoms with Crippen molar-refractivity contribution < 1.29 is 32.6 Å². The Morgan fingerprint density at radius 2 is 2.03 bits per heavy atom. The van der Waals surface area contributed by atoms with Crippen LogP contribution in [0, 0.1) is 23.5 Å². The number of rotatable bonds is 9. The number of hydrogen-bond donors (Lipinski definition) is 0. The van der Waals surface area contributed by atoms with Gasteiger partial charge in [0.15, 0.2) is 6.61 Å². The zero-order chi connectivity index (χ0) is 26.4. The second-order valence-corrected chi connectivity index (χ2v) is 9.32. The van der Waals surface area contributed by atoms with Crippen molar-refractivity contribution in [1.82, 2.24) is 4.90 Å². The molecule has 2 aliphatic heterocycles. The first-order valence-electron chi connectivity index (χ1n) is 12.4. The SMILES string of the molecule is COC(=O)C1CN(C/C=C\c2cc(F)ccc2F)CCC1CCCN1C(=O)COc2ccc(OC)cc21. The lowest BCUT2D eigenvalue weighted by Crippen LogP contribution is -2.44. The summed E-state index contributed by atoms with van der Waals surface area (Å²) in [6.07, 6.45) is 5.62. The van der Waals surface area contributed by atoms with Crippen molar-refractivity contribution in [2.45, 2.75) is 19.3 Å². The fourth-order valence-electron chi connectivity index (χ4n) is 5.03. The van der Waals surface area contributed by atoms with Gasteiger partial charge in [0.1, 0.15) is 23.1 Å². The first-order chi connectivity index (χ1) is 17.9. The van der Waals surface area contributed by atoms with Crippen LogP contribution in [0.25, 0.3) is 6.08 Å². The van der Waals surface area contributed by atoms with E-state index in [0.717, 1.165) is 44.0 Å². The molecule has 2 heterocycles. The van der Waals surface area contributed by atoms with E-state index in [1.54, 1.807) is 42.4 Å². The maximum absolute atomic E-state index is 13.9. The number of piperidine rings is 1. The number of hydrogen-bond acceptors (Lipinski definition) is 6. The third-order valence-electron chi connectivity index (χ3n) is 7.03. The molecule has 0 aliphatic carbocycles. The first-order valence-corrected chi connectivity index (χ1v) is 12.4. The first kappa shape index (κ1) is 26.6. The van der Waals surface area contributed by atoms with E-state index in [4.69, 9.17) is 14.2 Å². The Bertz CT molecular complexity index is 1160. The molecule has 0 saturated carbocycles. The van der Waals surface area contributed by atoms with Gasteiger partial charge in [-0.3, -0.25) is 14.5 Å². The van der Waals surface area contributed by atoms with Gasteiger partial charge in [0.2, 0.25) is 0 Å². The van der Waals surface area contributed by atoms with Gasteiger partial charge in [-0.2, -0.15) is 0 Å². The molecular formula is C28H32F2N2O5. The van der Waals surface area contributed by atoms with E-state index in [2.05, 4.69) is 4.90 Å². The Labute approximate surface area is 215 Å². The molecule has 2 unspecified atom stereocenters. The fourth-order valence-corrected chi connectivity index (χ4v) is 5.03. The quantitative estimate of drug-likeness (QED) is 0.465. The lowest BCUT2D eigenvalue weighted by atomic mass is 9.82. The standard InChI is InChI=1S/C28H32F2N2O5/c1-35-22-8-10-26-25(16-22)32(27(33)18-37-26)13-4-5-19-11-14-31(17-23(19)28(34)36-2)12-3-6-20-15-21(29)7-9-24(20)30/h3,6-10,15-16,19,23H,4-5,11-14,17-18H2,1-2H3/b6-3-. The lowest BCUT2D eigenvalue weighted by Gasteiger charge is -2.37. The monoisotopic (exact) mass is 514 g/mol. The normalized spacial score (nSPS) is 20.0. The van der Waals surface area contributed by atoms with Crippen LogP contribution >= 0.6 is 0 Å². The van der Waals surface area contributed by atoms with Crippen LogP contribution in [0.15, 0.2) is 42.5 Å². The molecule has 0 N–H and O–H groups in total. The van der Waals surface area contributed by atoms with Crippen molar-refractivity contribution in [2.24, 2.45) is 11.8 Å². The number of likely N-dealkylation sites (tertiary alicyclic amines) is 1. The summed E-state index contributed by atoms with van der Waals surface area (Å²) in [6.45, 7) is 2.31. The molecule has 1 saturated heterocycles. The van der Waals surface area contributed by atoms with Crippen molar-refractivity contribution in [3.8, 4) is 11.5 Å². The van der Waals surface area contributed by atoms with Crippen LogP contribution in [0.1, 0.15) is 24.8 Å². The number of nitrogens with zero attached hydrogens (tertiary/aromatic N) is 2. The number of methoxy groups -OCH3 is 2. The fraction of sp³-hybridized carbons (Fsp3) is 0.429. The van der Waals surface area contributed by atoms with E-state index in [9.17, 15) is 18.4 Å². The number of fused-ring (bicyclic) bond motifs is 1. The van der Waals surface area contributed by atoms with E-state index in [0.29, 0.717) is 36.8 Å². The number of esters is 1. The maximum Gasteiger partial charge on any atom is 0.310 e. The van der Waals surface area contributed by atoms with Crippen LogP contribution in [0.2, 0.25) is 0 Å². The van der Waals surface area contributed by atoms with Gasteiger partial charge in [-0.1, -0.05) is 12.2 Å². The largest absolute Gasteiger partial charge is 0.497 e. The summed E-state index contributed by atoms with van der Waals surface area (Å²) >= 11 is 0. The number of benzene rings is 2. The topological polar surface area (TPSA) is 68.3 Å². The molecule has 198 valence electrons. The summed E-state index contributed by atoms with van der Waals surface area (Å²) in [4.78, 5) is 29.0. The summed E-state index contributed by atoms with van der Waals surface area (Å²) in [5.41, 5.74) is 0.882. The predicted octanol–water partition coefficient (Wildman–Crippen LogP) is 4.30. The van der Waals surface area contributed by atoms with E-state index in [1.807, 2.05) is 0 Å². The zero-order valence-electron chi connectivity index (χ0n) is 21.1. The number of ether oxygens (including phenoxy) is 3. The van der Waals surface area contributed by atoms with Crippen LogP contribution in [-0.2, 0) is 14.3 Å². The molecule has 0 radical (unpaired) electrons. The molecule has 0 bridgehead atoms. The summed E-state index contributed by atoms with van der Waals surface area (Å²) in [5.74, 6) is -0.228. The molecule has 2 aromatic carbocycles. The number of carbonyl (C=O) groups is 2. The van der Waals surface area contributed by atoms with Crippen LogP contribution in [0.5, 0.6) is 11.5 Å². The maximum atomic E-state index is 13.9. The molecular weight excluding hydrogens is 482 g/mol. The second-order valence-electron chi connectivity index (χ2n) is 9.32. The molecule has 0 aromatic heterocycles. The predicted molar refractivity (Wildman–Crippen MR) is 136 cm³/mol. The number of anilines is 1. The average Bonchev–Trinajstić information content (AvgIpc) is 2.91. The van der Waals surface area contributed by atoms with Gasteiger partial charge in [-0.25, -0.2) is 8.78 Å². The van der Waals surface area contributed by atoms with Crippen LogP contribution in [-0.4, -0.2) is 63.8 Å². The van der Waals surface area contributed by atoms with Crippen molar-refractivity contribution in [3.05, 3.63) is 59.7 Å². The van der Waals surface area contributed by atoms with Gasteiger partial charge in [0.05, 0.1) is 25.8 Å². The van der Waals surface area contributed by atoms with Gasteiger partial charge < -0.3 is 19.1 Å².